The third-order valence-electron chi connectivity index (χ3n) is 4.47. The Labute approximate surface area is 147 Å². The third kappa shape index (κ3) is 4.89. The van der Waals surface area contributed by atoms with Crippen LogP contribution in [0.4, 0.5) is 5.13 Å². The molecule has 1 aliphatic rings. The van der Waals surface area contributed by atoms with Crippen molar-refractivity contribution in [2.75, 3.05) is 18.4 Å². The number of hydrogen-bond donors (Lipinski definition) is 1. The summed E-state index contributed by atoms with van der Waals surface area (Å²) in [5.74, 6) is 0.655. The van der Waals surface area contributed by atoms with Crippen LogP contribution in [0.2, 0.25) is 0 Å². The van der Waals surface area contributed by atoms with Crippen molar-refractivity contribution in [3.8, 4) is 0 Å². The lowest BCUT2D eigenvalue weighted by Crippen LogP contribution is -2.35. The van der Waals surface area contributed by atoms with Crippen molar-refractivity contribution in [2.45, 2.75) is 39.7 Å². The summed E-state index contributed by atoms with van der Waals surface area (Å²) in [6.45, 7) is 6.79. The predicted octanol–water partition coefficient (Wildman–Crippen LogP) is 3.86. The molecule has 0 spiro atoms. The van der Waals surface area contributed by atoms with Crippen molar-refractivity contribution in [3.05, 3.63) is 46.5 Å². The standard InChI is InChI=1S/C19H25N3OS/c1-14-5-7-16(8-6-14)10-17-4-3-9-22(11-17)12-18-13-24-19(21-18)20-15(2)23/h5-8,13,17H,3-4,9-12H2,1-2H3,(H,20,21,23)/t17-/m0/s1. The molecule has 4 nitrogen and oxygen atoms in total. The van der Waals surface area contributed by atoms with Crippen LogP contribution in [0.1, 0.15) is 36.6 Å². The number of anilines is 1. The van der Waals surface area contributed by atoms with Crippen molar-refractivity contribution in [1.82, 2.24) is 9.88 Å². The van der Waals surface area contributed by atoms with Gasteiger partial charge in [-0.1, -0.05) is 29.8 Å². The molecule has 1 atom stereocenters. The van der Waals surface area contributed by atoms with Gasteiger partial charge in [0.05, 0.1) is 5.69 Å². The molecule has 1 aromatic heterocycles. The van der Waals surface area contributed by atoms with E-state index in [0.717, 1.165) is 37.7 Å². The monoisotopic (exact) mass is 343 g/mol. The van der Waals surface area contributed by atoms with E-state index in [1.54, 1.807) is 0 Å². The van der Waals surface area contributed by atoms with Crippen molar-refractivity contribution < 1.29 is 4.79 Å². The van der Waals surface area contributed by atoms with E-state index in [-0.39, 0.29) is 5.91 Å². The molecular formula is C19H25N3OS. The molecule has 0 aliphatic carbocycles. The third-order valence-corrected chi connectivity index (χ3v) is 5.27. The van der Waals surface area contributed by atoms with Crippen LogP contribution in [0.15, 0.2) is 29.6 Å². The number of aryl methyl sites for hydroxylation is 1. The molecule has 0 radical (unpaired) electrons. The normalized spacial score (nSPS) is 18.5. The number of carbonyl (C=O) groups excluding carboxylic acids is 1. The van der Waals surface area contributed by atoms with Crippen LogP contribution in [0.25, 0.3) is 0 Å². The maximum absolute atomic E-state index is 11.1. The van der Waals surface area contributed by atoms with Crippen LogP contribution >= 0.6 is 11.3 Å². The summed E-state index contributed by atoms with van der Waals surface area (Å²) >= 11 is 1.50. The number of piperidine rings is 1. The van der Waals surface area contributed by atoms with Gasteiger partial charge in [0.25, 0.3) is 0 Å². The number of nitrogens with one attached hydrogen (secondary N) is 1. The minimum Gasteiger partial charge on any atom is -0.302 e. The lowest BCUT2D eigenvalue weighted by atomic mass is 9.91. The molecule has 24 heavy (non-hydrogen) atoms. The highest BCUT2D eigenvalue weighted by atomic mass is 32.1. The Balaban J connectivity index is 1.54. The molecule has 1 amide bonds. The van der Waals surface area contributed by atoms with Gasteiger partial charge in [0.15, 0.2) is 5.13 Å². The van der Waals surface area contributed by atoms with Crippen LogP contribution < -0.4 is 5.32 Å². The lowest BCUT2D eigenvalue weighted by Gasteiger charge is -2.32. The highest BCUT2D eigenvalue weighted by molar-refractivity contribution is 7.13. The van der Waals surface area contributed by atoms with Gasteiger partial charge in [0, 0.05) is 25.4 Å². The molecule has 3 rings (SSSR count). The second kappa shape index (κ2) is 7.90. The SMILES string of the molecule is CC(=O)Nc1nc(CN2CCC[C@@H](Cc3ccc(C)cc3)C2)cs1. The molecular weight excluding hydrogens is 318 g/mol. The Morgan fingerprint density at radius 3 is 2.92 bits per heavy atom. The van der Waals surface area contributed by atoms with Gasteiger partial charge in [-0.3, -0.25) is 9.69 Å². The number of benzene rings is 1. The van der Waals surface area contributed by atoms with E-state index in [9.17, 15) is 4.79 Å². The largest absolute Gasteiger partial charge is 0.302 e. The fourth-order valence-electron chi connectivity index (χ4n) is 3.34. The maximum atomic E-state index is 11.1. The minimum absolute atomic E-state index is 0.0629. The highest BCUT2D eigenvalue weighted by Gasteiger charge is 2.21. The molecule has 0 bridgehead atoms. The van der Waals surface area contributed by atoms with E-state index in [4.69, 9.17) is 0 Å². The zero-order valence-corrected chi connectivity index (χ0v) is 15.2. The maximum Gasteiger partial charge on any atom is 0.223 e. The summed E-state index contributed by atoms with van der Waals surface area (Å²) in [5.41, 5.74) is 3.82. The molecule has 1 aliphatic heterocycles. The Kier molecular flexibility index (Phi) is 5.63. The number of carbonyl (C=O) groups is 1. The van der Waals surface area contributed by atoms with Crippen LogP contribution in [-0.2, 0) is 17.8 Å². The molecule has 2 heterocycles. The molecule has 1 saturated heterocycles. The summed E-state index contributed by atoms with van der Waals surface area (Å²) in [5, 5.41) is 5.51. The van der Waals surface area contributed by atoms with Gasteiger partial charge in [-0.2, -0.15) is 0 Å². The van der Waals surface area contributed by atoms with Gasteiger partial charge in [-0.25, -0.2) is 4.98 Å². The lowest BCUT2D eigenvalue weighted by molar-refractivity contribution is -0.114. The van der Waals surface area contributed by atoms with E-state index >= 15 is 0 Å². The minimum atomic E-state index is -0.0629. The van der Waals surface area contributed by atoms with Gasteiger partial charge in [-0.15, -0.1) is 11.3 Å². The van der Waals surface area contributed by atoms with Crippen LogP contribution in [0, 0.1) is 12.8 Å². The summed E-state index contributed by atoms with van der Waals surface area (Å²) < 4.78 is 0. The van der Waals surface area contributed by atoms with E-state index in [2.05, 4.69) is 51.8 Å². The van der Waals surface area contributed by atoms with Crippen LogP contribution in [0.3, 0.4) is 0 Å². The first-order chi connectivity index (χ1) is 11.6. The Morgan fingerprint density at radius 1 is 1.38 bits per heavy atom. The number of rotatable bonds is 5. The number of thiazole rings is 1. The average Bonchev–Trinajstić information content (AvgIpc) is 2.96. The zero-order valence-electron chi connectivity index (χ0n) is 14.4. The quantitative estimate of drug-likeness (QED) is 0.896. The summed E-state index contributed by atoms with van der Waals surface area (Å²) in [6.07, 6.45) is 3.71. The molecule has 1 fully saturated rings. The molecule has 0 unspecified atom stereocenters. The summed E-state index contributed by atoms with van der Waals surface area (Å²) in [4.78, 5) is 18.1. The smallest absolute Gasteiger partial charge is 0.223 e. The van der Waals surface area contributed by atoms with E-state index in [1.165, 1.54) is 42.2 Å². The fraction of sp³-hybridized carbons (Fsp3) is 0.474. The predicted molar refractivity (Wildman–Crippen MR) is 99.3 cm³/mol. The van der Waals surface area contributed by atoms with Crippen molar-refractivity contribution in [1.29, 1.82) is 0 Å². The number of likely N-dealkylation sites (tertiary alicyclic amines) is 1. The van der Waals surface area contributed by atoms with Crippen molar-refractivity contribution in [2.24, 2.45) is 5.92 Å². The van der Waals surface area contributed by atoms with Gasteiger partial charge >= 0.3 is 0 Å². The van der Waals surface area contributed by atoms with Crippen molar-refractivity contribution >= 4 is 22.4 Å². The second-order valence-corrected chi connectivity index (χ2v) is 7.62. The van der Waals surface area contributed by atoms with E-state index < -0.39 is 0 Å². The second-order valence-electron chi connectivity index (χ2n) is 6.76. The molecule has 1 N–H and O–H groups in total. The molecule has 0 saturated carbocycles. The number of nitrogens with zero attached hydrogens (tertiary/aromatic N) is 2. The zero-order chi connectivity index (χ0) is 16.9. The van der Waals surface area contributed by atoms with E-state index in [1.807, 2.05) is 0 Å². The Morgan fingerprint density at radius 2 is 2.17 bits per heavy atom. The summed E-state index contributed by atoms with van der Waals surface area (Å²) in [7, 11) is 0. The topological polar surface area (TPSA) is 45.2 Å². The van der Waals surface area contributed by atoms with Gasteiger partial charge in [0.1, 0.15) is 0 Å². The Hall–Kier alpha value is -1.72. The first-order valence-electron chi connectivity index (χ1n) is 8.58. The molecule has 2 aromatic rings. The number of aromatic nitrogens is 1. The van der Waals surface area contributed by atoms with E-state index in [0.29, 0.717) is 5.13 Å². The fourth-order valence-corrected chi connectivity index (χ4v) is 4.08. The first-order valence-corrected chi connectivity index (χ1v) is 9.46. The number of amides is 1. The Bertz CT molecular complexity index is 680. The van der Waals surface area contributed by atoms with Gasteiger partial charge < -0.3 is 5.32 Å². The molecule has 5 heteroatoms. The highest BCUT2D eigenvalue weighted by Crippen LogP contribution is 2.23. The first kappa shape index (κ1) is 17.1. The van der Waals surface area contributed by atoms with Gasteiger partial charge in [-0.05, 0) is 44.2 Å². The number of hydrogen-bond acceptors (Lipinski definition) is 4. The van der Waals surface area contributed by atoms with Crippen LogP contribution in [0.5, 0.6) is 0 Å². The summed E-state index contributed by atoms with van der Waals surface area (Å²) in [6, 6.07) is 8.92. The molecule has 1 aromatic carbocycles. The average molecular weight is 343 g/mol. The van der Waals surface area contributed by atoms with Crippen molar-refractivity contribution in [3.63, 3.8) is 0 Å². The van der Waals surface area contributed by atoms with Crippen LogP contribution in [-0.4, -0.2) is 28.9 Å². The van der Waals surface area contributed by atoms with Gasteiger partial charge in [0.2, 0.25) is 5.91 Å². The molecule has 128 valence electrons.